The lowest BCUT2D eigenvalue weighted by atomic mass is 10.0. The summed E-state index contributed by atoms with van der Waals surface area (Å²) in [5.41, 5.74) is 15.6. The number of carboxylic acids is 1. The van der Waals surface area contributed by atoms with Crippen molar-refractivity contribution < 1.29 is 33.0 Å². The van der Waals surface area contributed by atoms with Gasteiger partial charge in [0, 0.05) is 87.8 Å². The largest absolute Gasteiger partial charge is 0.476 e. The molecule has 0 aliphatic rings. The molecule has 0 bridgehead atoms. The number of aromatic nitrogens is 8. The van der Waals surface area contributed by atoms with Gasteiger partial charge in [-0.15, -0.1) is 13.2 Å². The van der Waals surface area contributed by atoms with Gasteiger partial charge in [-0.1, -0.05) is 137 Å². The maximum atomic E-state index is 13.3. The van der Waals surface area contributed by atoms with Gasteiger partial charge in [-0.05, 0) is 53.1 Å². The number of pyridine rings is 4. The van der Waals surface area contributed by atoms with E-state index in [4.69, 9.17) is 42.6 Å². The molecule has 5 N–H and O–H groups in total. The number of nitrogens with zero attached hydrogens (tertiary/aromatic N) is 9. The number of allylic oxidation sites excluding steroid dienone is 2. The molecule has 4 aromatic carbocycles. The fraction of sp³-hybridized carbons (Fsp3) is 0.0635. The van der Waals surface area contributed by atoms with Crippen molar-refractivity contribution >= 4 is 69.0 Å². The molecule has 0 unspecified atom stereocenters. The summed E-state index contributed by atoms with van der Waals surface area (Å²) in [6.07, 6.45) is 12.1. The molecular formula is C63H49ClF2IN11O7. The summed E-state index contributed by atoms with van der Waals surface area (Å²) in [4.78, 5) is 71.0. The number of alkyl halides is 1. The van der Waals surface area contributed by atoms with Crippen LogP contribution in [-0.4, -0.2) is 62.1 Å². The fourth-order valence-electron chi connectivity index (χ4n) is 7.94. The van der Waals surface area contributed by atoms with Gasteiger partial charge in [0.05, 0.1) is 30.7 Å². The van der Waals surface area contributed by atoms with Crippen molar-refractivity contribution in [3.05, 3.63) is 279 Å². The number of nitrogens with two attached hydrogens (primary N) is 2. The summed E-state index contributed by atoms with van der Waals surface area (Å²) in [5, 5.41) is 17.1. The van der Waals surface area contributed by atoms with Crippen LogP contribution in [0.15, 0.2) is 223 Å². The molecule has 22 heteroatoms. The van der Waals surface area contributed by atoms with Gasteiger partial charge in [0.25, 0.3) is 0 Å². The summed E-state index contributed by atoms with van der Waals surface area (Å²) in [5.74, 6) is -0.331. The molecule has 0 fully saturated rings. The van der Waals surface area contributed by atoms with E-state index in [0.29, 0.717) is 50.0 Å². The summed E-state index contributed by atoms with van der Waals surface area (Å²) in [7, 11) is 0. The van der Waals surface area contributed by atoms with E-state index in [2.05, 4.69) is 65.9 Å². The Balaban J connectivity index is 0.000000172. The Hall–Kier alpha value is -10.4. The number of ether oxygens (including phenoxy) is 2. The molecule has 0 spiro atoms. The molecule has 18 nitrogen and oxygen atoms in total. The third kappa shape index (κ3) is 16.0. The Morgan fingerprint density at radius 1 is 0.647 bits per heavy atom. The molecule has 10 rings (SSSR count). The third-order valence-electron chi connectivity index (χ3n) is 12.0. The van der Waals surface area contributed by atoms with Gasteiger partial charge < -0.3 is 26.0 Å². The molecule has 85 heavy (non-hydrogen) atoms. The Bertz CT molecular complexity index is 4120. The van der Waals surface area contributed by atoms with E-state index in [9.17, 15) is 28.0 Å². The highest BCUT2D eigenvalue weighted by molar-refractivity contribution is 14.1. The maximum Gasteiger partial charge on any atom is 0.360 e. The van der Waals surface area contributed by atoms with Gasteiger partial charge in [0.15, 0.2) is 23.0 Å². The van der Waals surface area contributed by atoms with Gasteiger partial charge in [0.1, 0.15) is 28.2 Å². The van der Waals surface area contributed by atoms with Crippen molar-refractivity contribution in [3.63, 3.8) is 0 Å². The average Bonchev–Trinajstić information content (AvgIpc) is 2.55. The van der Waals surface area contributed by atoms with Crippen LogP contribution in [0.3, 0.4) is 0 Å². The number of hydrogen-bond donors (Lipinski definition) is 3. The monoisotopic (exact) mass is 1270 g/mol. The molecule has 0 radical (unpaired) electrons. The number of carboxylic acid groups (broad SMARTS) is 1. The van der Waals surface area contributed by atoms with Crippen molar-refractivity contribution in [1.29, 1.82) is 0 Å². The smallest absolute Gasteiger partial charge is 0.360 e. The number of aromatic carboxylic acids is 1. The Morgan fingerprint density at radius 2 is 1.15 bits per heavy atom. The van der Waals surface area contributed by atoms with Crippen molar-refractivity contribution in [2.24, 2.45) is 4.99 Å². The number of anilines is 2. The van der Waals surface area contributed by atoms with E-state index in [0.717, 1.165) is 22.4 Å². The highest BCUT2D eigenvalue weighted by atomic mass is 127. The quantitative estimate of drug-likeness (QED) is 0.0237. The lowest BCUT2D eigenvalue weighted by molar-refractivity contribution is 0.0685. The SMILES string of the molecule is C=CCn1cc(-c2ccc(F)cc2)c(=O)c(C(=O)Cc2ccc(Oc3ccnc(N)c3Cl)nc2)n1.C=CCn1cc(-c2ccc(F)cc2)c(=O)c(C(=O)O)n1.Nc1ccc(Oc2ccnc(N=C(c3ccccc3)c3ccccc3)c2CI)nc1. The number of hydrogen-bond acceptors (Lipinski definition) is 15. The molecule has 0 aliphatic heterocycles. The van der Waals surface area contributed by atoms with Crippen LogP contribution in [-0.2, 0) is 23.9 Å². The fourth-order valence-corrected chi connectivity index (χ4v) is 8.81. The number of aliphatic imine (C=N–C) groups is 1. The van der Waals surface area contributed by atoms with Gasteiger partial charge in [-0.25, -0.2) is 38.5 Å². The van der Waals surface area contributed by atoms with Crippen molar-refractivity contribution in [2.75, 3.05) is 11.5 Å². The standard InChI is InChI=1S/C25H19ClFN5O3.C24H19IN4O.C14H11FN2O3/c1-2-11-32-14-18(16-4-6-17(27)7-5-16)24(34)23(31-32)19(33)12-15-3-8-21(30-13-15)35-20-9-10-29-25(28)22(20)26;25-15-20-21(30-22-12-11-19(26)16-28-22)13-14-27-24(20)29-23(17-7-3-1-4-8-17)18-9-5-2-6-10-18;1-2-7-17-8-11(9-3-5-10(15)6-4-9)13(18)12(16-17)14(19)20/h2-10,13-14H,1,11-12H2,(H2,28,29);1-14,16H,15,26H2;2-6,8H,1,7H2,(H,19,20). The summed E-state index contributed by atoms with van der Waals surface area (Å²) in [6.45, 7) is 7.74. The van der Waals surface area contributed by atoms with Crippen LogP contribution in [0.5, 0.6) is 23.3 Å². The van der Waals surface area contributed by atoms with Crippen LogP contribution in [0.2, 0.25) is 5.02 Å². The van der Waals surface area contributed by atoms with E-state index in [1.54, 1.807) is 48.8 Å². The normalized spacial score (nSPS) is 10.5. The first kappa shape index (κ1) is 60.7. The molecule has 0 aliphatic carbocycles. The lowest BCUT2D eigenvalue weighted by Gasteiger charge is -2.12. The number of carbonyl (C=O) groups excluding carboxylic acids is 1. The predicted molar refractivity (Wildman–Crippen MR) is 330 cm³/mol. The van der Waals surface area contributed by atoms with E-state index >= 15 is 0 Å². The minimum atomic E-state index is -1.41. The number of halogens is 4. The van der Waals surface area contributed by atoms with Crippen molar-refractivity contribution in [2.45, 2.75) is 23.9 Å². The summed E-state index contributed by atoms with van der Waals surface area (Å²) in [6, 6.07) is 41.0. The molecule has 10 aromatic rings. The second kappa shape index (κ2) is 29.0. The number of rotatable bonds is 18. The van der Waals surface area contributed by atoms with Crippen molar-refractivity contribution in [3.8, 4) is 45.5 Å². The van der Waals surface area contributed by atoms with Crippen LogP contribution in [0, 0.1) is 11.6 Å². The molecule has 6 aromatic heterocycles. The van der Waals surface area contributed by atoms with E-state index in [1.165, 1.54) is 88.8 Å². The average molecular weight is 1270 g/mol. The highest BCUT2D eigenvalue weighted by Gasteiger charge is 2.21. The maximum absolute atomic E-state index is 13.3. The molecule has 0 atom stereocenters. The zero-order chi connectivity index (χ0) is 60.4. The van der Waals surface area contributed by atoms with E-state index in [-0.39, 0.29) is 53.1 Å². The van der Waals surface area contributed by atoms with Crippen molar-refractivity contribution in [1.82, 2.24) is 39.5 Å². The number of ketones is 1. The summed E-state index contributed by atoms with van der Waals surface area (Å²) < 4.78 is 41.3. The molecule has 0 amide bonds. The van der Waals surface area contributed by atoms with E-state index in [1.807, 2.05) is 66.7 Å². The van der Waals surface area contributed by atoms with Gasteiger partial charge in [-0.2, -0.15) is 10.2 Å². The molecule has 0 saturated carbocycles. The first-order valence-corrected chi connectivity index (χ1v) is 27.4. The molecule has 426 valence electrons. The first-order chi connectivity index (χ1) is 41.1. The van der Waals surface area contributed by atoms with Crippen LogP contribution in [0.1, 0.15) is 43.2 Å². The second-order valence-corrected chi connectivity index (χ2v) is 19.1. The molecular weight excluding hydrogens is 1220 g/mol. The zero-order valence-corrected chi connectivity index (χ0v) is 47.7. The minimum Gasteiger partial charge on any atom is -0.476 e. The van der Waals surface area contributed by atoms with Crippen LogP contribution < -0.4 is 31.8 Å². The topological polar surface area (TPSA) is 259 Å². The van der Waals surface area contributed by atoms with Gasteiger partial charge >= 0.3 is 5.97 Å². The van der Waals surface area contributed by atoms with Gasteiger partial charge in [-0.3, -0.25) is 23.7 Å². The van der Waals surface area contributed by atoms with E-state index < -0.39 is 39.9 Å². The Morgan fingerprint density at radius 3 is 1.66 bits per heavy atom. The number of Topliss-reactive ketones (excluding diaryl/α,β-unsaturated/α-hetero) is 1. The third-order valence-corrected chi connectivity index (χ3v) is 13.2. The predicted octanol–water partition coefficient (Wildman–Crippen LogP) is 12.4. The van der Waals surface area contributed by atoms with Gasteiger partial charge in [0.2, 0.25) is 28.3 Å². The summed E-state index contributed by atoms with van der Waals surface area (Å²) >= 11 is 8.38. The number of nitrogen functional groups attached to an aromatic ring is 2. The molecule has 6 heterocycles. The minimum absolute atomic E-state index is 0.112. The Kier molecular flexibility index (Phi) is 20.7. The highest BCUT2D eigenvalue weighted by Crippen LogP contribution is 2.34. The van der Waals surface area contributed by atoms with Crippen LogP contribution >= 0.6 is 34.2 Å². The zero-order valence-electron chi connectivity index (χ0n) is 44.8. The second-order valence-electron chi connectivity index (χ2n) is 18.0. The first-order valence-electron chi connectivity index (χ1n) is 25.5. The number of carbonyl (C=O) groups is 2. The molecule has 0 saturated heterocycles. The van der Waals surface area contributed by atoms with Crippen LogP contribution in [0.25, 0.3) is 22.3 Å². The Labute approximate surface area is 503 Å². The number of benzene rings is 4. The van der Waals surface area contributed by atoms with Crippen LogP contribution in [0.4, 0.5) is 26.1 Å². The lowest BCUT2D eigenvalue weighted by Crippen LogP contribution is -2.24.